The third-order valence-electron chi connectivity index (χ3n) is 4.89. The maximum Gasteiger partial charge on any atom is 0.0729 e. The smallest absolute Gasteiger partial charge is 0.0729 e. The highest BCUT2D eigenvalue weighted by atomic mass is 16.5. The summed E-state index contributed by atoms with van der Waals surface area (Å²) in [6.07, 6.45) is 7.13. The second-order valence-electron chi connectivity index (χ2n) is 7.09. The Morgan fingerprint density at radius 3 is 2.60 bits per heavy atom. The molecule has 0 saturated carbocycles. The Bertz CT molecular complexity index is 269. The molecular formula is C17H33NO2. The summed E-state index contributed by atoms with van der Waals surface area (Å²) in [5, 5.41) is 3.81. The van der Waals surface area contributed by atoms with Crippen molar-refractivity contribution in [2.75, 3.05) is 26.4 Å². The minimum atomic E-state index is 0.129. The molecule has 2 aliphatic rings. The Morgan fingerprint density at radius 1 is 1.20 bits per heavy atom. The maximum atomic E-state index is 6.19. The molecule has 3 nitrogen and oxygen atoms in total. The van der Waals surface area contributed by atoms with Gasteiger partial charge in [0.25, 0.3) is 0 Å². The van der Waals surface area contributed by atoms with Crippen molar-refractivity contribution in [3.8, 4) is 0 Å². The van der Waals surface area contributed by atoms with Gasteiger partial charge >= 0.3 is 0 Å². The lowest BCUT2D eigenvalue weighted by atomic mass is 9.76. The van der Waals surface area contributed by atoms with Gasteiger partial charge in [-0.3, -0.25) is 0 Å². The van der Waals surface area contributed by atoms with Gasteiger partial charge in [-0.15, -0.1) is 0 Å². The summed E-state index contributed by atoms with van der Waals surface area (Å²) in [6, 6.07) is 0.665. The predicted molar refractivity (Wildman–Crippen MR) is 83.0 cm³/mol. The topological polar surface area (TPSA) is 30.5 Å². The number of nitrogens with one attached hydrogen (secondary N) is 1. The number of ether oxygens (including phenoxy) is 2. The number of rotatable bonds is 6. The first-order valence-electron chi connectivity index (χ1n) is 8.60. The van der Waals surface area contributed by atoms with E-state index in [0.29, 0.717) is 6.04 Å². The quantitative estimate of drug-likeness (QED) is 0.810. The van der Waals surface area contributed by atoms with E-state index in [1.54, 1.807) is 0 Å². The summed E-state index contributed by atoms with van der Waals surface area (Å²) in [4.78, 5) is 0. The summed E-state index contributed by atoms with van der Waals surface area (Å²) in [7, 11) is 0. The van der Waals surface area contributed by atoms with Crippen LogP contribution in [0.4, 0.5) is 0 Å². The highest BCUT2D eigenvalue weighted by Crippen LogP contribution is 2.39. The van der Waals surface area contributed by atoms with Crippen LogP contribution in [-0.4, -0.2) is 38.0 Å². The molecule has 2 saturated heterocycles. The van der Waals surface area contributed by atoms with Gasteiger partial charge in [-0.2, -0.15) is 0 Å². The van der Waals surface area contributed by atoms with Crippen molar-refractivity contribution in [1.82, 2.24) is 5.32 Å². The monoisotopic (exact) mass is 283 g/mol. The van der Waals surface area contributed by atoms with Crippen LogP contribution >= 0.6 is 0 Å². The van der Waals surface area contributed by atoms with Gasteiger partial charge in [0, 0.05) is 25.9 Å². The molecule has 0 aromatic rings. The normalized spacial score (nSPS) is 27.9. The molecule has 0 aromatic heterocycles. The third kappa shape index (κ3) is 4.44. The van der Waals surface area contributed by atoms with Gasteiger partial charge < -0.3 is 14.8 Å². The van der Waals surface area contributed by atoms with Crippen LogP contribution in [0.25, 0.3) is 0 Å². The van der Waals surface area contributed by atoms with E-state index < -0.39 is 0 Å². The maximum absolute atomic E-state index is 6.19. The zero-order chi connectivity index (χ0) is 14.4. The fraction of sp³-hybridized carbons (Fsp3) is 1.00. The predicted octanol–water partition coefficient (Wildman–Crippen LogP) is 3.38. The third-order valence-corrected chi connectivity index (χ3v) is 4.89. The summed E-state index contributed by atoms with van der Waals surface area (Å²) in [5.74, 6) is 1.54. The van der Waals surface area contributed by atoms with E-state index in [-0.39, 0.29) is 5.60 Å². The molecule has 0 aromatic carbocycles. The van der Waals surface area contributed by atoms with Crippen molar-refractivity contribution in [2.24, 2.45) is 11.8 Å². The fourth-order valence-electron chi connectivity index (χ4n) is 3.78. The average molecular weight is 283 g/mol. The zero-order valence-electron chi connectivity index (χ0n) is 13.6. The second-order valence-corrected chi connectivity index (χ2v) is 7.09. The Kier molecular flexibility index (Phi) is 6.31. The molecular weight excluding hydrogens is 250 g/mol. The van der Waals surface area contributed by atoms with Crippen LogP contribution in [0.2, 0.25) is 0 Å². The van der Waals surface area contributed by atoms with E-state index in [9.17, 15) is 0 Å². The molecule has 2 heterocycles. The van der Waals surface area contributed by atoms with Crippen LogP contribution in [0.5, 0.6) is 0 Å². The molecule has 2 atom stereocenters. The first kappa shape index (κ1) is 16.3. The Labute approximate surface area is 124 Å². The molecule has 0 aliphatic carbocycles. The second kappa shape index (κ2) is 7.77. The van der Waals surface area contributed by atoms with Gasteiger partial charge in [0.15, 0.2) is 0 Å². The van der Waals surface area contributed by atoms with Gasteiger partial charge in [-0.1, -0.05) is 20.8 Å². The molecule has 0 bridgehead atoms. The zero-order valence-corrected chi connectivity index (χ0v) is 13.6. The molecule has 0 radical (unpaired) electrons. The van der Waals surface area contributed by atoms with Crippen molar-refractivity contribution in [3.05, 3.63) is 0 Å². The average Bonchev–Trinajstić information content (AvgIpc) is 2.44. The molecule has 0 amide bonds. The Balaban J connectivity index is 1.96. The van der Waals surface area contributed by atoms with Gasteiger partial charge in [0.05, 0.1) is 5.60 Å². The van der Waals surface area contributed by atoms with Crippen molar-refractivity contribution in [1.29, 1.82) is 0 Å². The van der Waals surface area contributed by atoms with E-state index in [0.717, 1.165) is 51.0 Å². The van der Waals surface area contributed by atoms with Gasteiger partial charge in [0.2, 0.25) is 0 Å². The highest BCUT2D eigenvalue weighted by Gasteiger charge is 2.41. The van der Waals surface area contributed by atoms with Crippen LogP contribution < -0.4 is 5.32 Å². The summed E-state index contributed by atoms with van der Waals surface area (Å²) < 4.78 is 11.7. The largest absolute Gasteiger partial charge is 0.381 e. The van der Waals surface area contributed by atoms with Gasteiger partial charge in [-0.25, -0.2) is 0 Å². The first-order chi connectivity index (χ1) is 9.65. The molecule has 1 spiro atoms. The van der Waals surface area contributed by atoms with Crippen molar-refractivity contribution in [2.45, 2.75) is 70.9 Å². The van der Waals surface area contributed by atoms with E-state index >= 15 is 0 Å². The van der Waals surface area contributed by atoms with Gasteiger partial charge in [-0.05, 0) is 56.9 Å². The van der Waals surface area contributed by atoms with Gasteiger partial charge in [0.1, 0.15) is 0 Å². The molecule has 118 valence electrons. The van der Waals surface area contributed by atoms with E-state index in [1.165, 1.54) is 25.7 Å². The van der Waals surface area contributed by atoms with Crippen molar-refractivity contribution >= 4 is 0 Å². The Hall–Kier alpha value is -0.120. The SMILES string of the molecule is CCCNC(CC(C)C)C1CCOC2(CCOCC2)C1. The lowest BCUT2D eigenvalue weighted by molar-refractivity contribution is -0.150. The lowest BCUT2D eigenvalue weighted by Gasteiger charge is -2.45. The molecule has 3 heteroatoms. The minimum Gasteiger partial charge on any atom is -0.381 e. The first-order valence-corrected chi connectivity index (χ1v) is 8.60. The summed E-state index contributed by atoms with van der Waals surface area (Å²) in [6.45, 7) is 10.8. The van der Waals surface area contributed by atoms with Crippen LogP contribution in [0.1, 0.15) is 59.3 Å². The molecule has 2 aliphatic heterocycles. The molecule has 1 N–H and O–H groups in total. The van der Waals surface area contributed by atoms with Crippen LogP contribution in [0.15, 0.2) is 0 Å². The van der Waals surface area contributed by atoms with Crippen molar-refractivity contribution in [3.63, 3.8) is 0 Å². The van der Waals surface area contributed by atoms with Crippen molar-refractivity contribution < 1.29 is 9.47 Å². The number of hydrogen-bond donors (Lipinski definition) is 1. The highest BCUT2D eigenvalue weighted by molar-refractivity contribution is 4.93. The molecule has 2 unspecified atom stereocenters. The van der Waals surface area contributed by atoms with E-state index in [4.69, 9.17) is 9.47 Å². The summed E-state index contributed by atoms with van der Waals surface area (Å²) >= 11 is 0. The van der Waals surface area contributed by atoms with Crippen LogP contribution in [0.3, 0.4) is 0 Å². The molecule has 2 fully saturated rings. The lowest BCUT2D eigenvalue weighted by Crippen LogP contribution is -2.49. The minimum absolute atomic E-state index is 0.129. The standard InChI is InChI=1S/C17H33NO2/c1-4-8-18-16(12-14(2)3)15-5-9-20-17(13-15)6-10-19-11-7-17/h14-16,18H,4-13H2,1-3H3. The van der Waals surface area contributed by atoms with E-state index in [1.807, 2.05) is 0 Å². The fourth-order valence-corrected chi connectivity index (χ4v) is 3.78. The Morgan fingerprint density at radius 2 is 1.95 bits per heavy atom. The van der Waals surface area contributed by atoms with Crippen LogP contribution in [0, 0.1) is 11.8 Å². The van der Waals surface area contributed by atoms with E-state index in [2.05, 4.69) is 26.1 Å². The molecule has 20 heavy (non-hydrogen) atoms. The molecule has 2 rings (SSSR count). The summed E-state index contributed by atoms with van der Waals surface area (Å²) in [5.41, 5.74) is 0.129. The van der Waals surface area contributed by atoms with Crippen LogP contribution in [-0.2, 0) is 9.47 Å². The number of hydrogen-bond acceptors (Lipinski definition) is 3.